The van der Waals surface area contributed by atoms with E-state index in [-0.39, 0.29) is 47.4 Å². The van der Waals surface area contributed by atoms with Gasteiger partial charge in [0.15, 0.2) is 11.6 Å². The van der Waals surface area contributed by atoms with E-state index in [1.54, 1.807) is 24.3 Å². The molecule has 28 heavy (non-hydrogen) atoms. The van der Waals surface area contributed by atoms with Crippen LogP contribution in [0.1, 0.15) is 38.8 Å². The van der Waals surface area contributed by atoms with Crippen LogP contribution in [-0.2, 0) is 11.2 Å². The first-order valence-corrected chi connectivity index (χ1v) is 9.33. The molecule has 150 valence electrons. The van der Waals surface area contributed by atoms with Gasteiger partial charge in [-0.05, 0) is 43.7 Å². The number of nitrogens with one attached hydrogen (secondary N) is 4. The van der Waals surface area contributed by atoms with E-state index in [1.807, 2.05) is 27.7 Å². The van der Waals surface area contributed by atoms with Gasteiger partial charge in [0.05, 0.1) is 11.3 Å². The minimum Gasteiger partial charge on any atom is -0.505 e. The number of phenols is 1. The highest BCUT2D eigenvalue weighted by Gasteiger charge is 2.25. The zero-order valence-electron chi connectivity index (χ0n) is 16.6. The van der Waals surface area contributed by atoms with E-state index in [2.05, 4.69) is 10.6 Å². The van der Waals surface area contributed by atoms with Crippen molar-refractivity contribution in [1.82, 2.24) is 0 Å². The molecule has 0 spiro atoms. The normalized spacial score (nSPS) is 17.2. The Balaban J connectivity index is 0.00000136. The highest BCUT2D eigenvalue weighted by atomic mass is 19.1. The fourth-order valence-corrected chi connectivity index (χ4v) is 2.77. The van der Waals surface area contributed by atoms with E-state index >= 15 is 0 Å². The van der Waals surface area contributed by atoms with E-state index in [4.69, 9.17) is 15.6 Å². The number of halogens is 1. The summed E-state index contributed by atoms with van der Waals surface area (Å²) in [7, 11) is 0. The van der Waals surface area contributed by atoms with Gasteiger partial charge in [-0.2, -0.15) is 0 Å². The minimum atomic E-state index is -0.349. The monoisotopic (exact) mass is 386 g/mol. The van der Waals surface area contributed by atoms with Gasteiger partial charge in [0.1, 0.15) is 11.5 Å². The topological polar surface area (TPSA) is 101 Å². The Labute approximate surface area is 164 Å². The highest BCUT2D eigenvalue weighted by Crippen LogP contribution is 2.39. The summed E-state index contributed by atoms with van der Waals surface area (Å²) < 4.78 is 18.2. The van der Waals surface area contributed by atoms with Crippen molar-refractivity contribution in [3.63, 3.8) is 0 Å². The maximum Gasteiger partial charge on any atom is 0.224 e. The third-order valence-corrected chi connectivity index (χ3v) is 4.43. The summed E-state index contributed by atoms with van der Waals surface area (Å²) in [5.41, 5.74) is 2.17. The zero-order chi connectivity index (χ0) is 20.8. The van der Waals surface area contributed by atoms with Crippen molar-refractivity contribution < 1.29 is 14.2 Å². The van der Waals surface area contributed by atoms with Crippen molar-refractivity contribution in [2.24, 2.45) is 0 Å². The predicted octanol–water partition coefficient (Wildman–Crippen LogP) is 4.73. The smallest absolute Gasteiger partial charge is 0.224 e. The van der Waals surface area contributed by atoms with Crippen LogP contribution in [0.2, 0.25) is 0 Å². The molecule has 5 N–H and O–H groups in total. The van der Waals surface area contributed by atoms with Crippen LogP contribution >= 0.6 is 0 Å². The van der Waals surface area contributed by atoms with Crippen molar-refractivity contribution >= 4 is 23.2 Å². The number of benzene rings is 2. The van der Waals surface area contributed by atoms with Crippen molar-refractivity contribution in [3.8, 4) is 5.75 Å². The summed E-state index contributed by atoms with van der Waals surface area (Å²) >= 11 is 0. The molecule has 3 rings (SSSR count). The van der Waals surface area contributed by atoms with E-state index in [9.17, 15) is 9.50 Å². The van der Waals surface area contributed by atoms with E-state index in [0.717, 1.165) is 5.69 Å². The molecule has 2 aromatic carbocycles. The van der Waals surface area contributed by atoms with Crippen LogP contribution in [0.4, 0.5) is 15.8 Å². The molecule has 1 aliphatic rings. The maximum atomic E-state index is 12.9. The quantitative estimate of drug-likeness (QED) is 0.299. The van der Waals surface area contributed by atoms with Crippen LogP contribution in [0.5, 0.6) is 5.75 Å². The van der Waals surface area contributed by atoms with E-state index < -0.39 is 0 Å². The van der Waals surface area contributed by atoms with E-state index in [1.165, 1.54) is 12.1 Å². The highest BCUT2D eigenvalue weighted by molar-refractivity contribution is 6.04. The average Bonchev–Trinajstić information content (AvgIpc) is 2.67. The van der Waals surface area contributed by atoms with Crippen molar-refractivity contribution in [1.29, 1.82) is 10.8 Å². The second-order valence-corrected chi connectivity index (χ2v) is 6.41. The molecule has 2 unspecified atom stereocenters. The van der Waals surface area contributed by atoms with Gasteiger partial charge in [0.25, 0.3) is 0 Å². The first-order chi connectivity index (χ1) is 13.3. The van der Waals surface area contributed by atoms with Crippen LogP contribution in [0.3, 0.4) is 0 Å². The third-order valence-electron chi connectivity index (χ3n) is 4.43. The summed E-state index contributed by atoms with van der Waals surface area (Å²) in [6, 6.07) is 9.40. The fourth-order valence-electron chi connectivity index (χ4n) is 2.77. The second kappa shape index (κ2) is 9.21. The fraction of sp³-hybridized carbons (Fsp3) is 0.333. The number of anilines is 2. The van der Waals surface area contributed by atoms with Crippen LogP contribution in [0.25, 0.3) is 0 Å². The number of rotatable bonds is 3. The Morgan fingerprint density at radius 2 is 1.64 bits per heavy atom. The average molecular weight is 386 g/mol. The Hall–Kier alpha value is -3.09. The summed E-state index contributed by atoms with van der Waals surface area (Å²) in [6.07, 6.45) is 0.128. The lowest BCUT2D eigenvalue weighted by molar-refractivity contribution is 0.466. The van der Waals surface area contributed by atoms with Gasteiger partial charge in [0.2, 0.25) is 5.90 Å². The third kappa shape index (κ3) is 4.79. The summed E-state index contributed by atoms with van der Waals surface area (Å²) in [5.74, 6) is -0.914. The molecule has 0 saturated carbocycles. The largest absolute Gasteiger partial charge is 0.505 e. The molecule has 0 saturated heterocycles. The molecule has 1 aliphatic heterocycles. The van der Waals surface area contributed by atoms with Gasteiger partial charge >= 0.3 is 0 Å². The Morgan fingerprint density at radius 3 is 2.29 bits per heavy atom. The lowest BCUT2D eigenvalue weighted by Gasteiger charge is -2.32. The molecular formula is C21H27FN4O2. The number of fused-ring (bicyclic) bond motifs is 1. The van der Waals surface area contributed by atoms with Crippen molar-refractivity contribution in [3.05, 3.63) is 53.3 Å². The standard InChI is InChI=1S/C19H21FN4O2.C2H6/c1-10-11(2)24-17-15(23-10)8-7-14(18(17)25)19(22)26-16(21)9-12-3-5-13(20)6-4-12;1-2/h3-8,10-11,21-25H,9H2,1-2H3;1-2H3. The molecule has 0 radical (unpaired) electrons. The van der Waals surface area contributed by atoms with Crippen LogP contribution in [0, 0.1) is 16.6 Å². The first kappa shape index (κ1) is 21.2. The number of hydrogen-bond donors (Lipinski definition) is 5. The van der Waals surface area contributed by atoms with Gasteiger partial charge in [-0.3, -0.25) is 10.8 Å². The molecular weight excluding hydrogens is 359 g/mol. The number of ether oxygens (including phenoxy) is 1. The number of hydrogen-bond acceptors (Lipinski definition) is 6. The molecule has 0 aliphatic carbocycles. The Kier molecular flexibility index (Phi) is 6.98. The molecule has 1 heterocycles. The first-order valence-electron chi connectivity index (χ1n) is 9.33. The van der Waals surface area contributed by atoms with Crippen molar-refractivity contribution in [2.75, 3.05) is 10.6 Å². The number of phenolic OH excluding ortho intramolecular Hbond substituents is 1. The van der Waals surface area contributed by atoms with Gasteiger partial charge in [0, 0.05) is 18.5 Å². The lowest BCUT2D eigenvalue weighted by Crippen LogP contribution is -2.38. The molecule has 7 heteroatoms. The zero-order valence-corrected chi connectivity index (χ0v) is 16.6. The predicted molar refractivity (Wildman–Crippen MR) is 111 cm³/mol. The molecule has 0 aromatic heterocycles. The molecule has 0 amide bonds. The lowest BCUT2D eigenvalue weighted by atomic mass is 10.0. The number of aromatic hydroxyl groups is 1. The molecule has 6 nitrogen and oxygen atoms in total. The van der Waals surface area contributed by atoms with Crippen molar-refractivity contribution in [2.45, 2.75) is 46.2 Å². The van der Waals surface area contributed by atoms with Gasteiger partial charge < -0.3 is 20.5 Å². The summed E-state index contributed by atoms with van der Waals surface area (Å²) in [6.45, 7) is 8.03. The van der Waals surface area contributed by atoms with Crippen LogP contribution in [-0.4, -0.2) is 29.0 Å². The van der Waals surface area contributed by atoms with E-state index in [0.29, 0.717) is 11.3 Å². The van der Waals surface area contributed by atoms with Gasteiger partial charge in [-0.25, -0.2) is 4.39 Å². The Morgan fingerprint density at radius 1 is 1.04 bits per heavy atom. The molecule has 2 atom stereocenters. The summed E-state index contributed by atoms with van der Waals surface area (Å²) in [4.78, 5) is 0. The van der Waals surface area contributed by atoms with Gasteiger partial charge in [-0.1, -0.05) is 26.0 Å². The molecule has 0 bridgehead atoms. The summed E-state index contributed by atoms with van der Waals surface area (Å²) in [5, 5.41) is 33.0. The second-order valence-electron chi connectivity index (χ2n) is 6.41. The van der Waals surface area contributed by atoms with Crippen LogP contribution in [0.15, 0.2) is 36.4 Å². The van der Waals surface area contributed by atoms with Gasteiger partial charge in [-0.15, -0.1) is 0 Å². The minimum absolute atomic E-state index is 0.0895. The van der Waals surface area contributed by atoms with Crippen LogP contribution < -0.4 is 10.6 Å². The maximum absolute atomic E-state index is 12.9. The Bertz CT molecular complexity index is 852. The molecule has 0 fully saturated rings. The molecule has 2 aromatic rings. The SMILES string of the molecule is CC.CC1Nc2ccc(C(=N)OC(=N)Cc3ccc(F)cc3)c(O)c2NC1C.